The van der Waals surface area contributed by atoms with Crippen molar-refractivity contribution in [3.8, 4) is 0 Å². The van der Waals surface area contributed by atoms with Gasteiger partial charge in [-0.15, -0.1) is 0 Å². The maximum atomic E-state index is 12.4. The van der Waals surface area contributed by atoms with Crippen LogP contribution in [0.5, 0.6) is 0 Å². The van der Waals surface area contributed by atoms with Crippen LogP contribution in [0.3, 0.4) is 0 Å². The van der Waals surface area contributed by atoms with Crippen molar-refractivity contribution in [3.63, 3.8) is 0 Å². The summed E-state index contributed by atoms with van der Waals surface area (Å²) >= 11 is 5.98. The number of halogens is 1. The van der Waals surface area contributed by atoms with E-state index in [9.17, 15) is 4.79 Å². The zero-order chi connectivity index (χ0) is 17.1. The lowest BCUT2D eigenvalue weighted by atomic mass is 10.2. The minimum Gasteiger partial charge on any atom is -0.346 e. The summed E-state index contributed by atoms with van der Waals surface area (Å²) in [5.41, 5.74) is 2.19. The Labute approximate surface area is 145 Å². The molecule has 3 aromatic rings. The number of likely N-dealkylation sites (N-methyl/N-ethyl adjacent to an activating group) is 1. The normalized spacial score (nSPS) is 11.2. The minimum atomic E-state index is -0.265. The molecular weight excluding hydrogens is 324 g/mol. The van der Waals surface area contributed by atoms with E-state index >= 15 is 0 Å². The molecule has 2 aromatic heterocycles. The number of hydrogen-bond donors (Lipinski definition) is 1. The molecule has 0 saturated carbocycles. The summed E-state index contributed by atoms with van der Waals surface area (Å²) in [6.07, 6.45) is 3.63. The van der Waals surface area contributed by atoms with E-state index in [1.54, 1.807) is 18.3 Å². The first kappa shape index (κ1) is 16.5. The third-order valence-corrected chi connectivity index (χ3v) is 4.12. The van der Waals surface area contributed by atoms with Crippen LogP contribution in [0.4, 0.5) is 5.69 Å². The molecule has 0 aliphatic carbocycles. The highest BCUT2D eigenvalue weighted by atomic mass is 35.5. The molecule has 0 bridgehead atoms. The fraction of sp³-hybridized carbons (Fsp3) is 0.222. The van der Waals surface area contributed by atoms with Crippen molar-refractivity contribution >= 4 is 34.1 Å². The third-order valence-electron chi connectivity index (χ3n) is 3.82. The summed E-state index contributed by atoms with van der Waals surface area (Å²) in [6, 6.07) is 11.3. The summed E-state index contributed by atoms with van der Waals surface area (Å²) in [5, 5.41) is 4.23. The highest BCUT2D eigenvalue weighted by molar-refractivity contribution is 6.33. The number of nitrogens with zero attached hydrogens (tertiary/aromatic N) is 3. The summed E-state index contributed by atoms with van der Waals surface area (Å²) < 4.78 is 2.18. The number of benzene rings is 1. The van der Waals surface area contributed by atoms with Crippen molar-refractivity contribution in [3.05, 3.63) is 59.5 Å². The molecule has 0 fully saturated rings. The van der Waals surface area contributed by atoms with Crippen LogP contribution in [0.15, 0.2) is 48.8 Å². The van der Waals surface area contributed by atoms with Crippen LogP contribution in [0.1, 0.15) is 10.4 Å². The molecule has 0 aliphatic heterocycles. The van der Waals surface area contributed by atoms with Gasteiger partial charge in [0.25, 0.3) is 5.91 Å². The smallest absolute Gasteiger partial charge is 0.258 e. The standard InChI is InChI=1S/C18H19ClN4O/c1-22(2)10-11-23-9-7-13-5-6-14(12-16(13)23)21-18(24)15-4-3-8-20-17(15)19/h3-9,12H,10-11H2,1-2H3,(H,21,24). The number of aromatic nitrogens is 2. The second-order valence-corrected chi connectivity index (χ2v) is 6.24. The van der Waals surface area contributed by atoms with E-state index in [0.717, 1.165) is 29.7 Å². The Morgan fingerprint density at radius 1 is 1.29 bits per heavy atom. The molecular formula is C18H19ClN4O. The van der Waals surface area contributed by atoms with E-state index in [0.29, 0.717) is 5.56 Å². The predicted octanol–water partition coefficient (Wildman–Crippen LogP) is 3.50. The summed E-state index contributed by atoms with van der Waals surface area (Å²) in [6.45, 7) is 1.84. The van der Waals surface area contributed by atoms with Gasteiger partial charge in [0.15, 0.2) is 0 Å². The average Bonchev–Trinajstić information content (AvgIpc) is 2.95. The van der Waals surface area contributed by atoms with Crippen LogP contribution in [0.25, 0.3) is 10.9 Å². The van der Waals surface area contributed by atoms with Gasteiger partial charge < -0.3 is 14.8 Å². The molecule has 0 spiro atoms. The first-order valence-corrected chi connectivity index (χ1v) is 8.08. The maximum absolute atomic E-state index is 12.4. The lowest BCUT2D eigenvalue weighted by Crippen LogP contribution is -2.18. The minimum absolute atomic E-state index is 0.199. The van der Waals surface area contributed by atoms with E-state index < -0.39 is 0 Å². The van der Waals surface area contributed by atoms with Gasteiger partial charge in [-0.05, 0) is 49.8 Å². The van der Waals surface area contributed by atoms with Gasteiger partial charge in [-0.2, -0.15) is 0 Å². The Morgan fingerprint density at radius 2 is 2.12 bits per heavy atom. The van der Waals surface area contributed by atoms with Crippen molar-refractivity contribution < 1.29 is 4.79 Å². The number of fused-ring (bicyclic) bond motifs is 1. The number of carbonyl (C=O) groups is 1. The van der Waals surface area contributed by atoms with E-state index in [1.807, 2.05) is 18.2 Å². The van der Waals surface area contributed by atoms with Crippen molar-refractivity contribution in [2.75, 3.05) is 26.0 Å². The monoisotopic (exact) mass is 342 g/mol. The second kappa shape index (κ2) is 7.03. The van der Waals surface area contributed by atoms with Gasteiger partial charge in [0.1, 0.15) is 5.15 Å². The van der Waals surface area contributed by atoms with Crippen molar-refractivity contribution in [1.82, 2.24) is 14.5 Å². The topological polar surface area (TPSA) is 50.2 Å². The van der Waals surface area contributed by atoms with Crippen LogP contribution in [0, 0.1) is 0 Å². The molecule has 0 saturated heterocycles. The first-order chi connectivity index (χ1) is 11.5. The van der Waals surface area contributed by atoms with Gasteiger partial charge in [-0.3, -0.25) is 4.79 Å². The average molecular weight is 343 g/mol. The van der Waals surface area contributed by atoms with Crippen molar-refractivity contribution in [2.24, 2.45) is 0 Å². The Balaban J connectivity index is 1.83. The number of pyridine rings is 1. The van der Waals surface area contributed by atoms with Crippen LogP contribution in [0.2, 0.25) is 5.15 Å². The molecule has 124 valence electrons. The Bertz CT molecular complexity index is 872. The highest BCUT2D eigenvalue weighted by Gasteiger charge is 2.11. The molecule has 5 nitrogen and oxygen atoms in total. The van der Waals surface area contributed by atoms with Gasteiger partial charge in [-0.1, -0.05) is 17.7 Å². The SMILES string of the molecule is CN(C)CCn1ccc2ccc(NC(=O)c3cccnc3Cl)cc21. The molecule has 3 rings (SSSR count). The Hall–Kier alpha value is -2.37. The second-order valence-electron chi connectivity index (χ2n) is 5.88. The van der Waals surface area contributed by atoms with Crippen LogP contribution in [-0.4, -0.2) is 41.0 Å². The third kappa shape index (κ3) is 3.58. The molecule has 2 heterocycles. The Morgan fingerprint density at radius 3 is 2.88 bits per heavy atom. The van der Waals surface area contributed by atoms with Crippen LogP contribution in [-0.2, 0) is 6.54 Å². The summed E-state index contributed by atoms with van der Waals surface area (Å²) in [4.78, 5) is 18.4. The quantitative estimate of drug-likeness (QED) is 0.722. The number of rotatable bonds is 5. The van der Waals surface area contributed by atoms with Gasteiger partial charge in [-0.25, -0.2) is 4.98 Å². The number of hydrogen-bond acceptors (Lipinski definition) is 3. The Kier molecular flexibility index (Phi) is 4.83. The van der Waals surface area contributed by atoms with Crippen LogP contribution < -0.4 is 5.32 Å². The lowest BCUT2D eigenvalue weighted by molar-refractivity contribution is 0.102. The van der Waals surface area contributed by atoms with Gasteiger partial charge in [0.05, 0.1) is 11.1 Å². The van der Waals surface area contributed by atoms with E-state index in [2.05, 4.69) is 46.1 Å². The summed E-state index contributed by atoms with van der Waals surface area (Å²) in [5.74, 6) is -0.265. The number of anilines is 1. The zero-order valence-electron chi connectivity index (χ0n) is 13.7. The fourth-order valence-electron chi connectivity index (χ4n) is 2.52. The molecule has 0 unspecified atom stereocenters. The molecule has 1 aromatic carbocycles. The molecule has 24 heavy (non-hydrogen) atoms. The predicted molar refractivity (Wildman–Crippen MR) is 97.7 cm³/mol. The van der Waals surface area contributed by atoms with Crippen molar-refractivity contribution in [2.45, 2.75) is 6.54 Å². The molecule has 0 atom stereocenters. The van der Waals surface area contributed by atoms with Crippen LogP contribution >= 0.6 is 11.6 Å². The summed E-state index contributed by atoms with van der Waals surface area (Å²) in [7, 11) is 4.10. The zero-order valence-corrected chi connectivity index (χ0v) is 14.4. The van der Waals surface area contributed by atoms with E-state index in [4.69, 9.17) is 11.6 Å². The molecule has 1 amide bonds. The van der Waals surface area contributed by atoms with Crippen molar-refractivity contribution in [1.29, 1.82) is 0 Å². The molecule has 6 heteroatoms. The van der Waals surface area contributed by atoms with E-state index in [1.165, 1.54) is 0 Å². The largest absolute Gasteiger partial charge is 0.346 e. The van der Waals surface area contributed by atoms with Gasteiger partial charge >= 0.3 is 0 Å². The number of carbonyl (C=O) groups excluding carboxylic acids is 1. The molecule has 1 N–H and O–H groups in total. The molecule has 0 aliphatic rings. The number of amides is 1. The molecule has 0 radical (unpaired) electrons. The number of nitrogens with one attached hydrogen (secondary N) is 1. The van der Waals surface area contributed by atoms with Gasteiger partial charge in [0.2, 0.25) is 0 Å². The fourth-order valence-corrected chi connectivity index (χ4v) is 2.72. The maximum Gasteiger partial charge on any atom is 0.258 e. The first-order valence-electron chi connectivity index (χ1n) is 7.70. The highest BCUT2D eigenvalue weighted by Crippen LogP contribution is 2.22. The van der Waals surface area contributed by atoms with Gasteiger partial charge in [0, 0.05) is 31.2 Å². The lowest BCUT2D eigenvalue weighted by Gasteiger charge is -2.12. The van der Waals surface area contributed by atoms with E-state index in [-0.39, 0.29) is 11.1 Å².